The molecule has 0 saturated heterocycles. The smallest absolute Gasteiger partial charge is 0.148 e. The van der Waals surface area contributed by atoms with Gasteiger partial charge in [0.1, 0.15) is 11.5 Å². The maximum atomic E-state index is 5.87. The fraction of sp³-hybridized carbons (Fsp3) is 0.312. The van der Waals surface area contributed by atoms with Gasteiger partial charge in [-0.15, -0.1) is 0 Å². The standard InChI is InChI=1S/C16H17BrN2O/c1-11-16(3-2-8-18-11)20-14-7-4-12(15(17)9-14)10-19-13-5-6-13/h2-4,7-9,13,19H,5-6,10H2,1H3. The summed E-state index contributed by atoms with van der Waals surface area (Å²) in [6.07, 6.45) is 4.38. The van der Waals surface area contributed by atoms with Crippen molar-refractivity contribution in [3.05, 3.63) is 52.3 Å². The number of hydrogen-bond acceptors (Lipinski definition) is 3. The van der Waals surface area contributed by atoms with Crippen LogP contribution in [0, 0.1) is 6.92 Å². The third-order valence-corrected chi connectivity index (χ3v) is 4.11. The van der Waals surface area contributed by atoms with Crippen LogP contribution >= 0.6 is 15.9 Å². The zero-order valence-corrected chi connectivity index (χ0v) is 13.0. The topological polar surface area (TPSA) is 34.1 Å². The molecule has 3 rings (SSSR count). The van der Waals surface area contributed by atoms with Gasteiger partial charge < -0.3 is 10.1 Å². The fourth-order valence-corrected chi connectivity index (χ4v) is 2.48. The van der Waals surface area contributed by atoms with E-state index in [1.807, 2.05) is 31.2 Å². The van der Waals surface area contributed by atoms with E-state index in [2.05, 4.69) is 32.3 Å². The van der Waals surface area contributed by atoms with Gasteiger partial charge in [0, 0.05) is 23.3 Å². The minimum atomic E-state index is 0.718. The van der Waals surface area contributed by atoms with Gasteiger partial charge in [0.2, 0.25) is 0 Å². The molecule has 0 atom stereocenters. The molecule has 104 valence electrons. The summed E-state index contributed by atoms with van der Waals surface area (Å²) in [5, 5.41) is 3.51. The Hall–Kier alpha value is -1.39. The molecule has 1 heterocycles. The van der Waals surface area contributed by atoms with E-state index in [1.54, 1.807) is 6.20 Å². The van der Waals surface area contributed by atoms with Gasteiger partial charge in [-0.1, -0.05) is 22.0 Å². The number of rotatable bonds is 5. The number of nitrogens with zero attached hydrogens (tertiary/aromatic N) is 1. The van der Waals surface area contributed by atoms with Gasteiger partial charge >= 0.3 is 0 Å². The lowest BCUT2D eigenvalue weighted by Crippen LogP contribution is -2.15. The number of aryl methyl sites for hydroxylation is 1. The molecule has 3 nitrogen and oxygen atoms in total. The second-order valence-electron chi connectivity index (χ2n) is 5.10. The van der Waals surface area contributed by atoms with Gasteiger partial charge in [0.05, 0.1) is 5.69 Å². The van der Waals surface area contributed by atoms with Crippen LogP contribution in [-0.4, -0.2) is 11.0 Å². The Morgan fingerprint density at radius 2 is 2.20 bits per heavy atom. The molecule has 20 heavy (non-hydrogen) atoms. The molecule has 4 heteroatoms. The monoisotopic (exact) mass is 332 g/mol. The van der Waals surface area contributed by atoms with Gasteiger partial charge in [0.25, 0.3) is 0 Å². The molecule has 2 aromatic rings. The first-order chi connectivity index (χ1) is 9.72. The molecule has 1 fully saturated rings. The largest absolute Gasteiger partial charge is 0.455 e. The summed E-state index contributed by atoms with van der Waals surface area (Å²) < 4.78 is 6.94. The molecule has 0 aliphatic heterocycles. The molecule has 1 aromatic heterocycles. The Morgan fingerprint density at radius 1 is 1.35 bits per heavy atom. The van der Waals surface area contributed by atoms with Gasteiger partial charge in [-0.25, -0.2) is 0 Å². The van der Waals surface area contributed by atoms with Crippen molar-refractivity contribution in [2.24, 2.45) is 0 Å². The Kier molecular flexibility index (Phi) is 4.03. The highest BCUT2D eigenvalue weighted by atomic mass is 79.9. The molecule has 1 aliphatic carbocycles. The van der Waals surface area contributed by atoms with E-state index < -0.39 is 0 Å². The number of ether oxygens (including phenoxy) is 1. The fourth-order valence-electron chi connectivity index (χ4n) is 1.98. The van der Waals surface area contributed by atoms with E-state index in [0.29, 0.717) is 0 Å². The van der Waals surface area contributed by atoms with Gasteiger partial charge in [-0.2, -0.15) is 0 Å². The van der Waals surface area contributed by atoms with Crippen molar-refractivity contribution >= 4 is 15.9 Å². The van der Waals surface area contributed by atoms with Crippen molar-refractivity contribution in [1.82, 2.24) is 10.3 Å². The Morgan fingerprint density at radius 3 is 2.90 bits per heavy atom. The zero-order chi connectivity index (χ0) is 13.9. The SMILES string of the molecule is Cc1ncccc1Oc1ccc(CNC2CC2)c(Br)c1. The zero-order valence-electron chi connectivity index (χ0n) is 11.4. The van der Waals surface area contributed by atoms with E-state index in [1.165, 1.54) is 18.4 Å². The highest BCUT2D eigenvalue weighted by Gasteiger charge is 2.20. The molecule has 0 amide bonds. The summed E-state index contributed by atoms with van der Waals surface area (Å²) in [5.41, 5.74) is 2.15. The van der Waals surface area contributed by atoms with E-state index in [-0.39, 0.29) is 0 Å². The molecular formula is C16H17BrN2O. The highest BCUT2D eigenvalue weighted by Crippen LogP contribution is 2.29. The Balaban J connectivity index is 1.71. The maximum absolute atomic E-state index is 5.87. The van der Waals surface area contributed by atoms with Gasteiger partial charge in [0.15, 0.2) is 0 Å². The minimum Gasteiger partial charge on any atom is -0.455 e. The average Bonchev–Trinajstić information content (AvgIpc) is 3.25. The van der Waals surface area contributed by atoms with E-state index >= 15 is 0 Å². The average molecular weight is 333 g/mol. The Bertz CT molecular complexity index is 611. The van der Waals surface area contributed by atoms with Crippen LogP contribution in [0.5, 0.6) is 11.5 Å². The second-order valence-corrected chi connectivity index (χ2v) is 5.95. The molecule has 0 spiro atoms. The molecule has 0 unspecified atom stereocenters. The van der Waals surface area contributed by atoms with Crippen LogP contribution in [0.25, 0.3) is 0 Å². The van der Waals surface area contributed by atoms with Crippen LogP contribution in [-0.2, 0) is 6.54 Å². The predicted molar refractivity (Wildman–Crippen MR) is 83.1 cm³/mol. The summed E-state index contributed by atoms with van der Waals surface area (Å²) in [5.74, 6) is 1.62. The van der Waals surface area contributed by atoms with Crippen LogP contribution in [0.15, 0.2) is 41.0 Å². The third kappa shape index (κ3) is 3.38. The molecule has 1 aromatic carbocycles. The van der Waals surface area contributed by atoms with E-state index in [9.17, 15) is 0 Å². The molecule has 0 radical (unpaired) electrons. The lowest BCUT2D eigenvalue weighted by Gasteiger charge is -2.10. The number of aromatic nitrogens is 1. The number of halogens is 1. The van der Waals surface area contributed by atoms with E-state index in [0.717, 1.165) is 34.3 Å². The van der Waals surface area contributed by atoms with Crippen LogP contribution in [0.4, 0.5) is 0 Å². The first kappa shape index (κ1) is 13.6. The van der Waals surface area contributed by atoms with Crippen molar-refractivity contribution in [1.29, 1.82) is 0 Å². The number of benzene rings is 1. The minimum absolute atomic E-state index is 0.718. The van der Waals surface area contributed by atoms with Crippen LogP contribution < -0.4 is 10.1 Å². The first-order valence-corrected chi connectivity index (χ1v) is 7.63. The highest BCUT2D eigenvalue weighted by molar-refractivity contribution is 9.10. The van der Waals surface area contributed by atoms with Gasteiger partial charge in [-0.3, -0.25) is 4.98 Å². The number of pyridine rings is 1. The first-order valence-electron chi connectivity index (χ1n) is 6.83. The molecule has 1 aliphatic rings. The lowest BCUT2D eigenvalue weighted by atomic mass is 10.2. The second kappa shape index (κ2) is 5.94. The summed E-state index contributed by atoms with van der Waals surface area (Å²) in [6, 6.07) is 10.6. The van der Waals surface area contributed by atoms with Gasteiger partial charge in [-0.05, 0) is 49.6 Å². The predicted octanol–water partition coefficient (Wildman–Crippen LogP) is 4.20. The van der Waals surface area contributed by atoms with Crippen LogP contribution in [0.1, 0.15) is 24.1 Å². The maximum Gasteiger partial charge on any atom is 0.148 e. The summed E-state index contributed by atoms with van der Waals surface area (Å²) in [7, 11) is 0. The molecule has 1 N–H and O–H groups in total. The van der Waals surface area contributed by atoms with Crippen molar-refractivity contribution in [2.75, 3.05) is 0 Å². The summed E-state index contributed by atoms with van der Waals surface area (Å²) in [4.78, 5) is 4.22. The summed E-state index contributed by atoms with van der Waals surface area (Å²) >= 11 is 3.61. The van der Waals surface area contributed by atoms with Crippen molar-refractivity contribution in [2.45, 2.75) is 32.4 Å². The normalized spacial score (nSPS) is 14.3. The third-order valence-electron chi connectivity index (χ3n) is 3.37. The number of nitrogens with one attached hydrogen (secondary N) is 1. The Labute approximate surface area is 127 Å². The van der Waals surface area contributed by atoms with E-state index in [4.69, 9.17) is 4.74 Å². The van der Waals surface area contributed by atoms with Crippen molar-refractivity contribution < 1.29 is 4.74 Å². The number of hydrogen-bond donors (Lipinski definition) is 1. The quantitative estimate of drug-likeness (QED) is 0.891. The van der Waals surface area contributed by atoms with Crippen LogP contribution in [0.2, 0.25) is 0 Å². The molecule has 1 saturated carbocycles. The molecular weight excluding hydrogens is 316 g/mol. The molecule has 0 bridgehead atoms. The van der Waals surface area contributed by atoms with Crippen molar-refractivity contribution in [3.8, 4) is 11.5 Å². The van der Waals surface area contributed by atoms with Crippen molar-refractivity contribution in [3.63, 3.8) is 0 Å². The summed E-state index contributed by atoms with van der Waals surface area (Å²) in [6.45, 7) is 2.84. The van der Waals surface area contributed by atoms with Crippen LogP contribution in [0.3, 0.4) is 0 Å². The lowest BCUT2D eigenvalue weighted by molar-refractivity contribution is 0.475.